The Labute approximate surface area is 169 Å². The zero-order valence-electron chi connectivity index (χ0n) is 16.8. The molecule has 2 aromatic heterocycles. The third kappa shape index (κ3) is 4.09. The van der Waals surface area contributed by atoms with E-state index in [2.05, 4.69) is 10.1 Å². The van der Waals surface area contributed by atoms with Gasteiger partial charge >= 0.3 is 0 Å². The van der Waals surface area contributed by atoms with Crippen molar-refractivity contribution < 1.29 is 13.2 Å². The zero-order valence-corrected chi connectivity index (χ0v) is 17.6. The Morgan fingerprint density at radius 1 is 1.17 bits per heavy atom. The summed E-state index contributed by atoms with van der Waals surface area (Å²) >= 11 is 0. The largest absolute Gasteiger partial charge is 0.342 e. The number of hydrogen-bond donors (Lipinski definition) is 1. The Kier molecular flexibility index (Phi) is 5.24. The highest BCUT2D eigenvalue weighted by Crippen LogP contribution is 2.29. The minimum absolute atomic E-state index is 0.116. The van der Waals surface area contributed by atoms with Gasteiger partial charge in [-0.05, 0) is 32.6 Å². The van der Waals surface area contributed by atoms with Gasteiger partial charge in [0, 0.05) is 61.5 Å². The number of carbonyl (C=O) groups is 1. The Balaban J connectivity index is 1.45. The fourth-order valence-corrected chi connectivity index (χ4v) is 5.34. The quantitative estimate of drug-likeness (QED) is 0.785. The number of aryl methyl sites for hydroxylation is 1. The van der Waals surface area contributed by atoms with Gasteiger partial charge in [0.05, 0.1) is 6.26 Å². The molecule has 1 amide bonds. The molecule has 0 bridgehead atoms. The van der Waals surface area contributed by atoms with Crippen molar-refractivity contribution in [2.45, 2.75) is 38.5 Å². The van der Waals surface area contributed by atoms with Crippen LogP contribution in [0.15, 0.2) is 16.9 Å². The summed E-state index contributed by atoms with van der Waals surface area (Å²) in [5.74, 6) is 0.122. The molecule has 0 aliphatic carbocycles. The van der Waals surface area contributed by atoms with Crippen LogP contribution in [0.25, 0.3) is 5.65 Å². The monoisotopic (exact) mass is 421 g/mol. The van der Waals surface area contributed by atoms with Gasteiger partial charge in [0.15, 0.2) is 5.65 Å². The van der Waals surface area contributed by atoms with Crippen LogP contribution >= 0.6 is 0 Å². The number of fused-ring (bicyclic) bond motifs is 1. The SMILES string of the molecule is Cc1cc(=O)n2[nH]c(C3CCCN(C(=O)C4CCN(S(C)(=O)=O)CC4)C3)cc2n1. The summed E-state index contributed by atoms with van der Waals surface area (Å²) in [5, 5.41) is 3.15. The van der Waals surface area contributed by atoms with Crippen LogP contribution < -0.4 is 5.56 Å². The standard InChI is InChI=1S/C19H27N5O4S/c1-13-10-18(25)24-17(20-13)11-16(21-24)15-4-3-7-22(12-15)19(26)14-5-8-23(9-6-14)29(2,27)28/h10-11,14-15,21H,3-9,12H2,1-2H3. The first kappa shape index (κ1) is 20.1. The van der Waals surface area contributed by atoms with Crippen molar-refractivity contribution in [1.29, 1.82) is 0 Å². The molecule has 1 N–H and O–H groups in total. The summed E-state index contributed by atoms with van der Waals surface area (Å²) in [4.78, 5) is 31.5. The average molecular weight is 422 g/mol. The lowest BCUT2D eigenvalue weighted by Gasteiger charge is -2.37. The Bertz CT molecular complexity index is 1080. The van der Waals surface area contributed by atoms with E-state index in [1.54, 1.807) is 6.92 Å². The molecule has 0 radical (unpaired) electrons. The fourth-order valence-electron chi connectivity index (χ4n) is 4.46. The highest BCUT2D eigenvalue weighted by Gasteiger charge is 2.34. The first-order valence-corrected chi connectivity index (χ1v) is 11.9. The van der Waals surface area contributed by atoms with Crippen LogP contribution in [-0.4, -0.2) is 70.6 Å². The minimum atomic E-state index is -3.19. The molecular formula is C19H27N5O4S. The number of amides is 1. The van der Waals surface area contributed by atoms with Crippen molar-refractivity contribution in [1.82, 2.24) is 23.8 Å². The lowest BCUT2D eigenvalue weighted by atomic mass is 9.91. The van der Waals surface area contributed by atoms with Gasteiger partial charge in [-0.1, -0.05) is 0 Å². The Hall–Kier alpha value is -2.20. The van der Waals surface area contributed by atoms with Crippen molar-refractivity contribution in [3.63, 3.8) is 0 Å². The van der Waals surface area contributed by atoms with Gasteiger partial charge < -0.3 is 4.90 Å². The summed E-state index contributed by atoms with van der Waals surface area (Å²) in [7, 11) is -3.19. The summed E-state index contributed by atoms with van der Waals surface area (Å²) in [6.07, 6.45) is 4.19. The first-order valence-electron chi connectivity index (χ1n) is 10.1. The van der Waals surface area contributed by atoms with Crippen LogP contribution in [-0.2, 0) is 14.8 Å². The van der Waals surface area contributed by atoms with E-state index in [9.17, 15) is 18.0 Å². The number of carbonyl (C=O) groups excluding carboxylic acids is 1. The predicted octanol–water partition coefficient (Wildman–Crippen LogP) is 0.709. The number of aromatic amines is 1. The number of H-pyrrole nitrogens is 1. The van der Waals surface area contributed by atoms with Gasteiger partial charge in [0.1, 0.15) is 0 Å². The second-order valence-electron chi connectivity index (χ2n) is 8.20. The molecule has 4 rings (SSSR count). The van der Waals surface area contributed by atoms with Gasteiger partial charge in [0.25, 0.3) is 5.56 Å². The Morgan fingerprint density at radius 2 is 1.90 bits per heavy atom. The van der Waals surface area contributed by atoms with Crippen LogP contribution in [0, 0.1) is 12.8 Å². The van der Waals surface area contributed by atoms with E-state index < -0.39 is 10.0 Å². The van der Waals surface area contributed by atoms with E-state index in [1.165, 1.54) is 21.1 Å². The van der Waals surface area contributed by atoms with Gasteiger partial charge in [-0.15, -0.1) is 0 Å². The maximum Gasteiger partial charge on any atom is 0.272 e. The van der Waals surface area contributed by atoms with Crippen LogP contribution in [0.3, 0.4) is 0 Å². The van der Waals surface area contributed by atoms with Crippen LogP contribution in [0.4, 0.5) is 0 Å². The molecule has 29 heavy (non-hydrogen) atoms. The molecule has 0 spiro atoms. The highest BCUT2D eigenvalue weighted by atomic mass is 32.2. The number of piperidine rings is 2. The van der Waals surface area contributed by atoms with Gasteiger partial charge in [-0.2, -0.15) is 0 Å². The molecule has 0 saturated carbocycles. The Morgan fingerprint density at radius 3 is 2.59 bits per heavy atom. The lowest BCUT2D eigenvalue weighted by molar-refractivity contribution is -0.138. The number of rotatable bonds is 3. The van der Waals surface area contributed by atoms with E-state index >= 15 is 0 Å². The van der Waals surface area contributed by atoms with Crippen molar-refractivity contribution >= 4 is 21.6 Å². The number of hydrogen-bond acceptors (Lipinski definition) is 5. The summed E-state index contributed by atoms with van der Waals surface area (Å²) < 4.78 is 26.3. The number of nitrogens with zero attached hydrogens (tertiary/aromatic N) is 4. The van der Waals surface area contributed by atoms with E-state index in [0.717, 1.165) is 25.1 Å². The lowest BCUT2D eigenvalue weighted by Crippen LogP contribution is -2.46. The topological polar surface area (TPSA) is 108 Å². The maximum absolute atomic E-state index is 13.0. The molecule has 9 nitrogen and oxygen atoms in total. The summed E-state index contributed by atoms with van der Waals surface area (Å²) in [6.45, 7) is 3.93. The average Bonchev–Trinajstić information content (AvgIpc) is 3.11. The van der Waals surface area contributed by atoms with E-state index in [4.69, 9.17) is 0 Å². The molecule has 0 aromatic carbocycles. The first-order chi connectivity index (χ1) is 13.7. The molecular weight excluding hydrogens is 394 g/mol. The van der Waals surface area contributed by atoms with Crippen molar-refractivity contribution in [3.8, 4) is 0 Å². The molecule has 4 heterocycles. The predicted molar refractivity (Wildman–Crippen MR) is 108 cm³/mol. The fraction of sp³-hybridized carbons (Fsp3) is 0.632. The summed E-state index contributed by atoms with van der Waals surface area (Å²) in [5.41, 5.74) is 2.06. The summed E-state index contributed by atoms with van der Waals surface area (Å²) in [6, 6.07) is 3.39. The van der Waals surface area contributed by atoms with E-state index in [0.29, 0.717) is 43.8 Å². The molecule has 2 aliphatic rings. The number of nitrogens with one attached hydrogen (secondary N) is 1. The van der Waals surface area contributed by atoms with E-state index in [-0.39, 0.29) is 23.3 Å². The van der Waals surface area contributed by atoms with Gasteiger partial charge in [0.2, 0.25) is 15.9 Å². The molecule has 2 saturated heterocycles. The minimum Gasteiger partial charge on any atom is -0.342 e. The molecule has 2 aromatic rings. The smallest absolute Gasteiger partial charge is 0.272 e. The third-order valence-electron chi connectivity index (χ3n) is 6.04. The van der Waals surface area contributed by atoms with Crippen LogP contribution in [0.1, 0.15) is 43.0 Å². The van der Waals surface area contributed by atoms with Crippen molar-refractivity contribution in [3.05, 3.63) is 33.9 Å². The molecule has 158 valence electrons. The normalized spacial score (nSPS) is 22.3. The molecule has 10 heteroatoms. The third-order valence-corrected chi connectivity index (χ3v) is 7.35. The van der Waals surface area contributed by atoms with Gasteiger partial charge in [-0.3, -0.25) is 14.7 Å². The van der Waals surface area contributed by atoms with Gasteiger partial charge in [-0.25, -0.2) is 22.2 Å². The number of aromatic nitrogens is 3. The molecule has 2 aliphatic heterocycles. The molecule has 1 atom stereocenters. The van der Waals surface area contributed by atoms with Crippen LogP contribution in [0.5, 0.6) is 0 Å². The van der Waals surface area contributed by atoms with Crippen molar-refractivity contribution in [2.24, 2.45) is 5.92 Å². The van der Waals surface area contributed by atoms with Crippen molar-refractivity contribution in [2.75, 3.05) is 32.4 Å². The zero-order chi connectivity index (χ0) is 20.8. The van der Waals surface area contributed by atoms with E-state index in [1.807, 2.05) is 11.0 Å². The molecule has 1 unspecified atom stereocenters. The maximum atomic E-state index is 13.0. The van der Waals surface area contributed by atoms with Crippen LogP contribution in [0.2, 0.25) is 0 Å². The number of sulfonamides is 1. The number of likely N-dealkylation sites (tertiary alicyclic amines) is 1. The second-order valence-corrected chi connectivity index (χ2v) is 10.2. The highest BCUT2D eigenvalue weighted by molar-refractivity contribution is 7.88. The second kappa shape index (κ2) is 7.56. The molecule has 2 fully saturated rings.